The van der Waals surface area contributed by atoms with Gasteiger partial charge >= 0.3 is 0 Å². The lowest BCUT2D eigenvalue weighted by Gasteiger charge is -2.09. The highest BCUT2D eigenvalue weighted by molar-refractivity contribution is 6.30. The molecule has 0 atom stereocenters. The lowest BCUT2D eigenvalue weighted by molar-refractivity contribution is -0.118. The molecule has 0 spiro atoms. The first-order chi connectivity index (χ1) is 8.66. The maximum atomic E-state index is 10.7. The molecule has 0 unspecified atom stereocenters. The van der Waals surface area contributed by atoms with Crippen LogP contribution in [0.5, 0.6) is 0 Å². The minimum atomic E-state index is -0.0410. The average molecular weight is 264 g/mol. The van der Waals surface area contributed by atoms with Crippen LogP contribution in [0.3, 0.4) is 0 Å². The van der Waals surface area contributed by atoms with Crippen LogP contribution < -0.4 is 10.6 Å². The molecule has 94 valence electrons. The second-order valence-corrected chi connectivity index (χ2v) is 4.31. The Balaban J connectivity index is 2.14. The smallest absolute Gasteiger partial charge is 0.216 e. The highest BCUT2D eigenvalue weighted by Crippen LogP contribution is 2.24. The minimum Gasteiger partial charge on any atom is -0.368 e. The summed E-state index contributed by atoms with van der Waals surface area (Å²) >= 11 is 5.97. The van der Waals surface area contributed by atoms with E-state index < -0.39 is 0 Å². The summed E-state index contributed by atoms with van der Waals surface area (Å²) in [5.74, 6) is 0.698. The number of nitrogens with one attached hydrogen (secondary N) is 2. The minimum absolute atomic E-state index is 0.0410. The number of amides is 1. The van der Waals surface area contributed by atoms with Crippen LogP contribution in [-0.2, 0) is 4.79 Å². The van der Waals surface area contributed by atoms with Crippen molar-refractivity contribution in [1.82, 2.24) is 10.3 Å². The second kappa shape index (κ2) is 5.69. The van der Waals surface area contributed by atoms with Crippen LogP contribution >= 0.6 is 11.6 Å². The normalized spacial score (nSPS) is 10.3. The summed E-state index contributed by atoms with van der Waals surface area (Å²) in [4.78, 5) is 15.0. The summed E-state index contributed by atoms with van der Waals surface area (Å²) in [5.41, 5.74) is 0. The zero-order valence-electron chi connectivity index (χ0n) is 10.0. The van der Waals surface area contributed by atoms with Crippen molar-refractivity contribution in [3.63, 3.8) is 0 Å². The summed E-state index contributed by atoms with van der Waals surface area (Å²) in [6.07, 6.45) is 0. The molecule has 0 aliphatic heterocycles. The fraction of sp³-hybridized carbons (Fsp3) is 0.231. The fourth-order valence-electron chi connectivity index (χ4n) is 1.72. The Kier molecular flexibility index (Phi) is 3.99. The number of halogens is 1. The standard InChI is InChI=1S/C13H14ClN3O/c1-9(18)15-6-7-16-13-11-5-3-2-4-10(11)8-12(14)17-13/h2-5,8H,6-7H2,1H3,(H,15,18)(H,16,17). The molecular formula is C13H14ClN3O. The van der Waals surface area contributed by atoms with Gasteiger partial charge in [-0.3, -0.25) is 4.79 Å². The third kappa shape index (κ3) is 3.11. The molecule has 2 rings (SSSR count). The molecule has 0 aliphatic rings. The fourth-order valence-corrected chi connectivity index (χ4v) is 1.92. The van der Waals surface area contributed by atoms with Crippen LogP contribution in [0.4, 0.5) is 5.82 Å². The van der Waals surface area contributed by atoms with E-state index in [1.165, 1.54) is 6.92 Å². The van der Waals surface area contributed by atoms with Gasteiger partial charge in [0.05, 0.1) is 0 Å². The monoisotopic (exact) mass is 263 g/mol. The van der Waals surface area contributed by atoms with E-state index in [1.54, 1.807) is 0 Å². The summed E-state index contributed by atoms with van der Waals surface area (Å²) < 4.78 is 0. The molecule has 1 aromatic heterocycles. The third-order valence-electron chi connectivity index (χ3n) is 2.50. The summed E-state index contributed by atoms with van der Waals surface area (Å²) in [7, 11) is 0. The van der Waals surface area contributed by atoms with Crippen LogP contribution in [-0.4, -0.2) is 24.0 Å². The zero-order valence-corrected chi connectivity index (χ0v) is 10.8. The maximum Gasteiger partial charge on any atom is 0.216 e. The molecular weight excluding hydrogens is 250 g/mol. The van der Waals surface area contributed by atoms with Gasteiger partial charge in [-0.2, -0.15) is 0 Å². The molecule has 4 nitrogen and oxygen atoms in total. The van der Waals surface area contributed by atoms with Crippen LogP contribution in [0.25, 0.3) is 10.8 Å². The van der Waals surface area contributed by atoms with Gasteiger partial charge in [0, 0.05) is 25.4 Å². The van der Waals surface area contributed by atoms with Crippen molar-refractivity contribution in [2.24, 2.45) is 0 Å². The number of rotatable bonds is 4. The van der Waals surface area contributed by atoms with E-state index in [-0.39, 0.29) is 5.91 Å². The molecule has 1 aromatic carbocycles. The summed E-state index contributed by atoms with van der Waals surface area (Å²) in [5, 5.41) is 8.40. The Labute approximate surface area is 110 Å². The number of pyridine rings is 1. The molecule has 0 aliphatic carbocycles. The quantitative estimate of drug-likeness (QED) is 0.658. The first-order valence-electron chi connectivity index (χ1n) is 5.70. The number of aromatic nitrogens is 1. The van der Waals surface area contributed by atoms with Gasteiger partial charge in [-0.15, -0.1) is 0 Å². The molecule has 0 radical (unpaired) electrons. The van der Waals surface area contributed by atoms with E-state index in [4.69, 9.17) is 11.6 Å². The Morgan fingerprint density at radius 1 is 1.33 bits per heavy atom. The van der Waals surface area contributed by atoms with E-state index in [9.17, 15) is 4.79 Å². The van der Waals surface area contributed by atoms with Gasteiger partial charge in [0.1, 0.15) is 11.0 Å². The Morgan fingerprint density at radius 2 is 2.11 bits per heavy atom. The maximum absolute atomic E-state index is 10.7. The Hall–Kier alpha value is -1.81. The van der Waals surface area contributed by atoms with Gasteiger partial charge < -0.3 is 10.6 Å². The highest BCUT2D eigenvalue weighted by Gasteiger charge is 2.03. The predicted octanol–water partition coefficient (Wildman–Crippen LogP) is 2.44. The number of carbonyl (C=O) groups excluding carboxylic acids is 1. The summed E-state index contributed by atoms with van der Waals surface area (Å²) in [6.45, 7) is 2.65. The van der Waals surface area contributed by atoms with Crippen molar-refractivity contribution < 1.29 is 4.79 Å². The van der Waals surface area contributed by atoms with Crippen molar-refractivity contribution in [2.45, 2.75) is 6.92 Å². The van der Waals surface area contributed by atoms with Gasteiger partial charge in [-0.25, -0.2) is 4.98 Å². The number of benzene rings is 1. The summed E-state index contributed by atoms with van der Waals surface area (Å²) in [6, 6.07) is 9.72. The number of hydrogen-bond acceptors (Lipinski definition) is 3. The number of carbonyl (C=O) groups is 1. The first kappa shape index (κ1) is 12.6. The Morgan fingerprint density at radius 3 is 2.89 bits per heavy atom. The van der Waals surface area contributed by atoms with Crippen molar-refractivity contribution in [1.29, 1.82) is 0 Å². The molecule has 0 saturated heterocycles. The molecule has 2 N–H and O–H groups in total. The first-order valence-corrected chi connectivity index (χ1v) is 6.08. The molecule has 1 amide bonds. The second-order valence-electron chi connectivity index (χ2n) is 3.92. The predicted molar refractivity (Wildman–Crippen MR) is 73.9 cm³/mol. The third-order valence-corrected chi connectivity index (χ3v) is 2.69. The molecule has 5 heteroatoms. The molecule has 18 heavy (non-hydrogen) atoms. The molecule has 1 heterocycles. The van der Waals surface area contributed by atoms with Crippen LogP contribution in [0, 0.1) is 0 Å². The topological polar surface area (TPSA) is 54.0 Å². The van der Waals surface area contributed by atoms with Crippen LogP contribution in [0.2, 0.25) is 5.15 Å². The largest absolute Gasteiger partial charge is 0.368 e. The average Bonchev–Trinajstić information content (AvgIpc) is 2.34. The van der Waals surface area contributed by atoms with E-state index in [0.29, 0.717) is 18.2 Å². The number of fused-ring (bicyclic) bond motifs is 1. The molecule has 0 saturated carbocycles. The molecule has 0 bridgehead atoms. The Bertz CT molecular complexity index is 571. The van der Waals surface area contributed by atoms with Crippen molar-refractivity contribution in [2.75, 3.05) is 18.4 Å². The number of anilines is 1. The molecule has 0 fully saturated rings. The van der Waals surface area contributed by atoms with Crippen molar-refractivity contribution in [3.05, 3.63) is 35.5 Å². The lowest BCUT2D eigenvalue weighted by atomic mass is 10.1. The van der Waals surface area contributed by atoms with E-state index in [0.717, 1.165) is 16.6 Å². The van der Waals surface area contributed by atoms with Crippen molar-refractivity contribution >= 4 is 34.1 Å². The van der Waals surface area contributed by atoms with Gasteiger partial charge in [0.25, 0.3) is 0 Å². The van der Waals surface area contributed by atoms with E-state index in [2.05, 4.69) is 15.6 Å². The van der Waals surface area contributed by atoms with E-state index >= 15 is 0 Å². The number of hydrogen-bond donors (Lipinski definition) is 2. The van der Waals surface area contributed by atoms with Crippen molar-refractivity contribution in [3.8, 4) is 0 Å². The molecule has 2 aromatic rings. The van der Waals surface area contributed by atoms with Crippen LogP contribution in [0.15, 0.2) is 30.3 Å². The lowest BCUT2D eigenvalue weighted by Crippen LogP contribution is -2.26. The highest BCUT2D eigenvalue weighted by atomic mass is 35.5. The van der Waals surface area contributed by atoms with Crippen LogP contribution in [0.1, 0.15) is 6.92 Å². The number of nitrogens with zero attached hydrogens (tertiary/aromatic N) is 1. The van der Waals surface area contributed by atoms with E-state index in [1.807, 2.05) is 30.3 Å². The van der Waals surface area contributed by atoms with Gasteiger partial charge in [-0.1, -0.05) is 35.9 Å². The van der Waals surface area contributed by atoms with Gasteiger partial charge in [0.2, 0.25) is 5.91 Å². The zero-order chi connectivity index (χ0) is 13.0. The SMILES string of the molecule is CC(=O)NCCNc1nc(Cl)cc2ccccc12. The van der Waals surface area contributed by atoms with Gasteiger partial charge in [-0.05, 0) is 11.5 Å². The van der Waals surface area contributed by atoms with Gasteiger partial charge in [0.15, 0.2) is 0 Å².